The maximum atomic E-state index is 13.1. The zero-order valence-electron chi connectivity index (χ0n) is 11.7. The van der Waals surface area contributed by atoms with E-state index in [2.05, 4.69) is 11.9 Å². The lowest BCUT2D eigenvalue weighted by atomic mass is 10.1. The Balaban J connectivity index is 2.22. The van der Waals surface area contributed by atoms with Crippen molar-refractivity contribution in [3.05, 3.63) is 42.7 Å². The molecule has 0 fully saturated rings. The van der Waals surface area contributed by atoms with Crippen molar-refractivity contribution in [2.24, 2.45) is 0 Å². The van der Waals surface area contributed by atoms with Gasteiger partial charge < -0.3 is 5.32 Å². The van der Waals surface area contributed by atoms with Gasteiger partial charge in [-0.3, -0.25) is 0 Å². The van der Waals surface area contributed by atoms with Crippen LogP contribution in [0.3, 0.4) is 0 Å². The average molecular weight is 281 g/mol. The number of nitrogens with one attached hydrogen (secondary N) is 1. The van der Waals surface area contributed by atoms with Crippen molar-refractivity contribution in [3.63, 3.8) is 0 Å². The predicted molar refractivity (Wildman–Crippen MR) is 83.3 cm³/mol. The Hall–Kier alpha value is -0.800. The second-order valence-electron chi connectivity index (χ2n) is 4.68. The van der Waals surface area contributed by atoms with Crippen molar-refractivity contribution in [3.8, 4) is 0 Å². The normalized spacial score (nSPS) is 12.3. The van der Waals surface area contributed by atoms with Crippen molar-refractivity contribution in [1.82, 2.24) is 5.32 Å². The molecule has 1 N–H and O–H groups in total. The molecule has 1 rings (SSSR count). The summed E-state index contributed by atoms with van der Waals surface area (Å²) in [4.78, 5) is 1.01. The molecule has 0 aliphatic heterocycles. The Bertz CT molecular complexity index is 368. The average Bonchev–Trinajstić information content (AvgIpc) is 2.42. The highest BCUT2D eigenvalue weighted by molar-refractivity contribution is 7.99. The molecule has 0 spiro atoms. The van der Waals surface area contributed by atoms with E-state index in [4.69, 9.17) is 0 Å². The minimum Gasteiger partial charge on any atom is -0.316 e. The predicted octanol–water partition coefficient (Wildman–Crippen LogP) is 4.64. The molecule has 0 saturated heterocycles. The summed E-state index contributed by atoms with van der Waals surface area (Å²) in [5.74, 6) is 0.831. The van der Waals surface area contributed by atoms with E-state index in [0.29, 0.717) is 6.04 Å². The number of benzene rings is 1. The Labute approximate surface area is 120 Å². The van der Waals surface area contributed by atoms with E-state index in [1.165, 1.54) is 31.7 Å². The van der Waals surface area contributed by atoms with Crippen molar-refractivity contribution in [2.75, 3.05) is 12.8 Å². The molecule has 1 unspecified atom stereocenters. The van der Waals surface area contributed by atoms with Crippen LogP contribution in [0.5, 0.6) is 0 Å². The van der Waals surface area contributed by atoms with Crippen molar-refractivity contribution < 1.29 is 4.39 Å². The molecule has 0 aliphatic carbocycles. The van der Waals surface area contributed by atoms with Crippen LogP contribution in [-0.2, 0) is 0 Å². The van der Waals surface area contributed by atoms with Gasteiger partial charge in [0.2, 0.25) is 0 Å². The van der Waals surface area contributed by atoms with Crippen LogP contribution in [0.1, 0.15) is 32.1 Å². The van der Waals surface area contributed by atoms with Crippen molar-refractivity contribution in [2.45, 2.75) is 43.0 Å². The van der Waals surface area contributed by atoms with E-state index in [9.17, 15) is 4.39 Å². The highest BCUT2D eigenvalue weighted by atomic mass is 32.2. The monoisotopic (exact) mass is 281 g/mol. The maximum absolute atomic E-state index is 13.1. The molecule has 1 aromatic rings. The number of rotatable bonds is 10. The first kappa shape index (κ1) is 16.3. The first-order valence-electron chi connectivity index (χ1n) is 6.92. The van der Waals surface area contributed by atoms with Gasteiger partial charge in [-0.05, 0) is 44.5 Å². The zero-order valence-corrected chi connectivity index (χ0v) is 12.5. The van der Waals surface area contributed by atoms with Gasteiger partial charge in [-0.25, -0.2) is 4.39 Å². The SMILES string of the molecule is C=CCCCCCC(CSc1cccc(F)c1)NC. The minimum atomic E-state index is -0.157. The van der Waals surface area contributed by atoms with Crippen molar-refractivity contribution >= 4 is 11.8 Å². The van der Waals surface area contributed by atoms with Gasteiger partial charge in [0, 0.05) is 16.7 Å². The Morgan fingerprint density at radius 3 is 2.89 bits per heavy atom. The van der Waals surface area contributed by atoms with Crippen LogP contribution in [-0.4, -0.2) is 18.8 Å². The fraction of sp³-hybridized carbons (Fsp3) is 0.500. The fourth-order valence-corrected chi connectivity index (χ4v) is 3.02. The molecule has 0 heterocycles. The van der Waals surface area contributed by atoms with Crippen LogP contribution in [0.15, 0.2) is 41.8 Å². The molecular formula is C16H24FNS. The Morgan fingerprint density at radius 2 is 2.21 bits per heavy atom. The molecule has 0 radical (unpaired) electrons. The van der Waals surface area contributed by atoms with E-state index >= 15 is 0 Å². The number of allylic oxidation sites excluding steroid dienone is 1. The molecule has 1 atom stereocenters. The molecule has 106 valence electrons. The molecule has 0 amide bonds. The van der Waals surface area contributed by atoms with Gasteiger partial charge in [0.25, 0.3) is 0 Å². The lowest BCUT2D eigenvalue weighted by Gasteiger charge is -2.15. The van der Waals surface area contributed by atoms with E-state index in [-0.39, 0.29) is 5.82 Å². The second kappa shape index (κ2) is 10.0. The maximum Gasteiger partial charge on any atom is 0.124 e. The first-order valence-corrected chi connectivity index (χ1v) is 7.91. The standard InChI is InChI=1S/C16H24FNS/c1-3-4-5-6-7-10-15(18-2)13-19-16-11-8-9-14(17)12-16/h3,8-9,11-12,15,18H,1,4-7,10,13H2,2H3. The number of thioether (sulfide) groups is 1. The number of hydrogen-bond acceptors (Lipinski definition) is 2. The van der Waals surface area contributed by atoms with Gasteiger partial charge in [-0.15, -0.1) is 18.3 Å². The fourth-order valence-electron chi connectivity index (χ4n) is 1.92. The van der Waals surface area contributed by atoms with Crippen LogP contribution in [0.4, 0.5) is 4.39 Å². The largest absolute Gasteiger partial charge is 0.316 e. The van der Waals surface area contributed by atoms with Crippen LogP contribution in [0, 0.1) is 5.82 Å². The second-order valence-corrected chi connectivity index (χ2v) is 5.77. The zero-order chi connectivity index (χ0) is 13.9. The van der Waals surface area contributed by atoms with Gasteiger partial charge >= 0.3 is 0 Å². The van der Waals surface area contributed by atoms with Gasteiger partial charge in [-0.2, -0.15) is 0 Å². The van der Waals surface area contributed by atoms with E-state index in [0.717, 1.165) is 17.1 Å². The Morgan fingerprint density at radius 1 is 1.37 bits per heavy atom. The van der Waals surface area contributed by atoms with Crippen molar-refractivity contribution in [1.29, 1.82) is 0 Å². The summed E-state index contributed by atoms with van der Waals surface area (Å²) in [5.41, 5.74) is 0. The summed E-state index contributed by atoms with van der Waals surface area (Å²) in [6.07, 6.45) is 8.00. The molecule has 1 aromatic carbocycles. The van der Waals surface area contributed by atoms with Crippen LogP contribution < -0.4 is 5.32 Å². The number of unbranched alkanes of at least 4 members (excludes halogenated alkanes) is 3. The van der Waals surface area contributed by atoms with Gasteiger partial charge in [0.05, 0.1) is 0 Å². The number of halogens is 1. The lowest BCUT2D eigenvalue weighted by molar-refractivity contribution is 0.526. The molecular weight excluding hydrogens is 257 g/mol. The van der Waals surface area contributed by atoms with E-state index in [1.54, 1.807) is 23.9 Å². The molecule has 0 bridgehead atoms. The van der Waals surface area contributed by atoms with E-state index < -0.39 is 0 Å². The molecule has 0 saturated carbocycles. The van der Waals surface area contributed by atoms with Crippen LogP contribution in [0.25, 0.3) is 0 Å². The molecule has 19 heavy (non-hydrogen) atoms. The van der Waals surface area contributed by atoms with Crippen LogP contribution >= 0.6 is 11.8 Å². The third-order valence-corrected chi connectivity index (χ3v) is 4.27. The minimum absolute atomic E-state index is 0.157. The summed E-state index contributed by atoms with van der Waals surface area (Å²) in [5, 5.41) is 3.34. The molecule has 0 aromatic heterocycles. The topological polar surface area (TPSA) is 12.0 Å². The summed E-state index contributed by atoms with van der Waals surface area (Å²) in [7, 11) is 2.00. The third kappa shape index (κ3) is 7.38. The van der Waals surface area contributed by atoms with E-state index in [1.807, 2.05) is 19.2 Å². The summed E-state index contributed by atoms with van der Waals surface area (Å²) in [6, 6.07) is 7.31. The Kier molecular flexibility index (Phi) is 8.59. The summed E-state index contributed by atoms with van der Waals surface area (Å²) in [6.45, 7) is 3.73. The molecule has 3 heteroatoms. The smallest absolute Gasteiger partial charge is 0.124 e. The van der Waals surface area contributed by atoms with Gasteiger partial charge in [-0.1, -0.05) is 25.0 Å². The summed E-state index contributed by atoms with van der Waals surface area (Å²) >= 11 is 1.72. The molecule has 0 aliphatic rings. The molecule has 1 nitrogen and oxygen atoms in total. The summed E-state index contributed by atoms with van der Waals surface area (Å²) < 4.78 is 13.1. The highest BCUT2D eigenvalue weighted by Crippen LogP contribution is 2.21. The first-order chi connectivity index (χ1) is 9.26. The van der Waals surface area contributed by atoms with Crippen LogP contribution in [0.2, 0.25) is 0 Å². The van der Waals surface area contributed by atoms with Gasteiger partial charge in [0.15, 0.2) is 0 Å². The van der Waals surface area contributed by atoms with Gasteiger partial charge in [0.1, 0.15) is 5.82 Å². The quantitative estimate of drug-likeness (QED) is 0.381. The third-order valence-electron chi connectivity index (χ3n) is 3.12. The highest BCUT2D eigenvalue weighted by Gasteiger charge is 2.06. The lowest BCUT2D eigenvalue weighted by Crippen LogP contribution is -2.27. The number of hydrogen-bond donors (Lipinski definition) is 1.